The van der Waals surface area contributed by atoms with E-state index in [0.717, 1.165) is 23.5 Å². The van der Waals surface area contributed by atoms with Crippen molar-refractivity contribution < 1.29 is 13.6 Å². The zero-order chi connectivity index (χ0) is 20.8. The van der Waals surface area contributed by atoms with Gasteiger partial charge in [0.2, 0.25) is 5.95 Å². The van der Waals surface area contributed by atoms with E-state index in [-0.39, 0.29) is 0 Å². The molecule has 0 saturated heterocycles. The van der Waals surface area contributed by atoms with Crippen LogP contribution in [0, 0.1) is 18.6 Å². The van der Waals surface area contributed by atoms with Crippen molar-refractivity contribution in [1.82, 2.24) is 9.97 Å². The highest BCUT2D eigenvalue weighted by molar-refractivity contribution is 6.00. The monoisotopic (exact) mass is 398 g/mol. The maximum atomic E-state index is 13.6. The predicted octanol–water partition coefficient (Wildman–Crippen LogP) is 4.88. The summed E-state index contributed by atoms with van der Waals surface area (Å²) in [6.45, 7) is 4.54. The normalized spacial score (nSPS) is 10.3. The number of benzene rings is 2. The van der Waals surface area contributed by atoms with E-state index in [9.17, 15) is 13.6 Å². The number of urea groups is 1. The fourth-order valence-corrected chi connectivity index (χ4v) is 2.55. The summed E-state index contributed by atoms with van der Waals surface area (Å²) in [5.74, 6) is -0.541. The first-order chi connectivity index (χ1) is 13.9. The van der Waals surface area contributed by atoms with Gasteiger partial charge in [-0.2, -0.15) is 4.98 Å². The molecule has 0 aliphatic heterocycles. The third-order valence-corrected chi connectivity index (χ3v) is 3.81. The molecular formula is C20H20F2N6O. The molecule has 1 aromatic heterocycles. The number of nitrogens with zero attached hydrogens (tertiary/aromatic N) is 2. The topological polar surface area (TPSA) is 91.0 Å². The molecule has 3 aromatic rings. The minimum absolute atomic E-state index is 0.456. The van der Waals surface area contributed by atoms with Crippen LogP contribution in [0.1, 0.15) is 12.6 Å². The SMILES string of the molecule is CCNc1nc(C)cc(Nc2ccc(NC(=O)Nc3c(F)cccc3F)cc2)n1. The second-order valence-corrected chi connectivity index (χ2v) is 6.13. The second kappa shape index (κ2) is 8.96. The van der Waals surface area contributed by atoms with Crippen LogP contribution >= 0.6 is 0 Å². The molecule has 3 rings (SSSR count). The van der Waals surface area contributed by atoms with Crippen LogP contribution in [0.4, 0.5) is 42.4 Å². The molecule has 0 fully saturated rings. The van der Waals surface area contributed by atoms with Gasteiger partial charge in [-0.1, -0.05) is 6.07 Å². The van der Waals surface area contributed by atoms with E-state index >= 15 is 0 Å². The van der Waals surface area contributed by atoms with Crippen molar-refractivity contribution in [2.24, 2.45) is 0 Å². The number of aryl methyl sites for hydroxylation is 1. The molecule has 1 heterocycles. The number of hydrogen-bond donors (Lipinski definition) is 4. The highest BCUT2D eigenvalue weighted by atomic mass is 19.1. The second-order valence-electron chi connectivity index (χ2n) is 6.13. The number of anilines is 5. The summed E-state index contributed by atoms with van der Waals surface area (Å²) in [5.41, 5.74) is 1.52. The van der Waals surface area contributed by atoms with Crippen molar-refractivity contribution in [3.05, 3.63) is 65.9 Å². The number of nitrogens with one attached hydrogen (secondary N) is 4. The first kappa shape index (κ1) is 20.0. The van der Waals surface area contributed by atoms with Crippen molar-refractivity contribution >= 4 is 34.9 Å². The van der Waals surface area contributed by atoms with Gasteiger partial charge in [-0.3, -0.25) is 0 Å². The standard InChI is InChI=1S/C20H20F2N6O/c1-3-23-19-24-12(2)11-17(27-19)25-13-7-9-14(10-8-13)26-20(29)28-18-15(21)5-4-6-16(18)22/h4-11H,3H2,1-2H3,(H2,26,28,29)(H2,23,24,25,27). The van der Waals surface area contributed by atoms with Crippen molar-refractivity contribution in [1.29, 1.82) is 0 Å². The van der Waals surface area contributed by atoms with Crippen LogP contribution in [-0.4, -0.2) is 22.5 Å². The Bertz CT molecular complexity index is 990. The Morgan fingerprint density at radius 2 is 1.62 bits per heavy atom. The largest absolute Gasteiger partial charge is 0.354 e. The van der Waals surface area contributed by atoms with Crippen LogP contribution in [-0.2, 0) is 0 Å². The van der Waals surface area contributed by atoms with E-state index in [1.807, 2.05) is 19.9 Å². The first-order valence-corrected chi connectivity index (χ1v) is 8.93. The van der Waals surface area contributed by atoms with Gasteiger partial charge in [-0.25, -0.2) is 18.6 Å². The van der Waals surface area contributed by atoms with E-state index in [1.165, 1.54) is 6.07 Å². The molecule has 0 radical (unpaired) electrons. The molecule has 7 nitrogen and oxygen atoms in total. The van der Waals surface area contributed by atoms with Gasteiger partial charge in [0.25, 0.3) is 0 Å². The predicted molar refractivity (Wildman–Crippen MR) is 110 cm³/mol. The lowest BCUT2D eigenvalue weighted by Crippen LogP contribution is -2.20. The summed E-state index contributed by atoms with van der Waals surface area (Å²) < 4.78 is 27.2. The van der Waals surface area contributed by atoms with E-state index in [0.29, 0.717) is 24.0 Å². The van der Waals surface area contributed by atoms with Gasteiger partial charge in [-0.05, 0) is 50.2 Å². The molecule has 0 saturated carbocycles. The third kappa shape index (κ3) is 5.38. The average molecular weight is 398 g/mol. The zero-order valence-corrected chi connectivity index (χ0v) is 15.9. The van der Waals surface area contributed by atoms with Gasteiger partial charge < -0.3 is 21.3 Å². The maximum absolute atomic E-state index is 13.6. The van der Waals surface area contributed by atoms with E-state index in [4.69, 9.17) is 0 Å². The number of rotatable bonds is 6. The molecule has 0 bridgehead atoms. The Morgan fingerprint density at radius 3 is 2.28 bits per heavy atom. The Hall–Kier alpha value is -3.75. The number of carbonyl (C=O) groups is 1. The lowest BCUT2D eigenvalue weighted by atomic mass is 10.2. The van der Waals surface area contributed by atoms with E-state index in [2.05, 4.69) is 31.2 Å². The van der Waals surface area contributed by atoms with Crippen LogP contribution in [0.2, 0.25) is 0 Å². The number of aromatic nitrogens is 2. The van der Waals surface area contributed by atoms with Crippen LogP contribution in [0.25, 0.3) is 0 Å². The molecule has 29 heavy (non-hydrogen) atoms. The molecule has 9 heteroatoms. The minimum Gasteiger partial charge on any atom is -0.354 e. The maximum Gasteiger partial charge on any atom is 0.323 e. The summed E-state index contributed by atoms with van der Waals surface area (Å²) >= 11 is 0. The average Bonchev–Trinajstić information content (AvgIpc) is 2.66. The molecule has 4 N–H and O–H groups in total. The number of amides is 2. The minimum atomic E-state index is -0.850. The summed E-state index contributed by atoms with van der Waals surface area (Å²) in [6.07, 6.45) is 0. The van der Waals surface area contributed by atoms with Gasteiger partial charge in [0.1, 0.15) is 23.1 Å². The lowest BCUT2D eigenvalue weighted by Gasteiger charge is -2.11. The highest BCUT2D eigenvalue weighted by Gasteiger charge is 2.12. The van der Waals surface area contributed by atoms with Crippen LogP contribution in [0.15, 0.2) is 48.5 Å². The molecule has 0 aliphatic rings. The van der Waals surface area contributed by atoms with Gasteiger partial charge in [-0.15, -0.1) is 0 Å². The van der Waals surface area contributed by atoms with Crippen molar-refractivity contribution in [2.45, 2.75) is 13.8 Å². The van der Waals surface area contributed by atoms with Gasteiger partial charge in [0.05, 0.1) is 0 Å². The molecular weight excluding hydrogens is 378 g/mol. The fourth-order valence-electron chi connectivity index (χ4n) is 2.55. The Balaban J connectivity index is 1.64. The molecule has 0 aliphatic carbocycles. The molecule has 0 unspecified atom stereocenters. The molecule has 150 valence electrons. The summed E-state index contributed by atoms with van der Waals surface area (Å²) in [4.78, 5) is 20.7. The number of halogens is 2. The first-order valence-electron chi connectivity index (χ1n) is 8.93. The summed E-state index contributed by atoms with van der Waals surface area (Å²) in [7, 11) is 0. The van der Waals surface area contributed by atoms with Gasteiger partial charge in [0.15, 0.2) is 0 Å². The Labute approximate surface area is 166 Å². The van der Waals surface area contributed by atoms with Gasteiger partial charge in [0, 0.05) is 29.7 Å². The van der Waals surface area contributed by atoms with Crippen molar-refractivity contribution in [2.75, 3.05) is 27.8 Å². The third-order valence-electron chi connectivity index (χ3n) is 3.81. The Morgan fingerprint density at radius 1 is 0.966 bits per heavy atom. The van der Waals surface area contributed by atoms with Crippen molar-refractivity contribution in [3.8, 4) is 0 Å². The number of carbonyl (C=O) groups excluding carboxylic acids is 1. The fraction of sp³-hybridized carbons (Fsp3) is 0.150. The van der Waals surface area contributed by atoms with E-state index in [1.54, 1.807) is 24.3 Å². The molecule has 2 amide bonds. The zero-order valence-electron chi connectivity index (χ0n) is 15.9. The number of para-hydroxylation sites is 1. The smallest absolute Gasteiger partial charge is 0.323 e. The molecule has 2 aromatic carbocycles. The quantitative estimate of drug-likeness (QED) is 0.475. The lowest BCUT2D eigenvalue weighted by molar-refractivity contribution is 0.262. The van der Waals surface area contributed by atoms with Crippen molar-refractivity contribution in [3.63, 3.8) is 0 Å². The summed E-state index contributed by atoms with van der Waals surface area (Å²) in [6, 6.07) is 11.2. The number of hydrogen-bond acceptors (Lipinski definition) is 5. The van der Waals surface area contributed by atoms with E-state index < -0.39 is 23.4 Å². The Kier molecular flexibility index (Phi) is 6.18. The van der Waals surface area contributed by atoms with Crippen LogP contribution in [0.3, 0.4) is 0 Å². The highest BCUT2D eigenvalue weighted by Crippen LogP contribution is 2.21. The van der Waals surface area contributed by atoms with Crippen LogP contribution < -0.4 is 21.3 Å². The molecule has 0 spiro atoms. The van der Waals surface area contributed by atoms with Gasteiger partial charge >= 0.3 is 6.03 Å². The summed E-state index contributed by atoms with van der Waals surface area (Å²) in [5, 5.41) is 10.9. The molecule has 0 atom stereocenters. The van der Waals surface area contributed by atoms with Crippen LogP contribution in [0.5, 0.6) is 0 Å².